The molecule has 0 aliphatic carbocycles. The zero-order valence-corrected chi connectivity index (χ0v) is 12.2. The van der Waals surface area contributed by atoms with Crippen molar-refractivity contribution in [3.8, 4) is 5.88 Å². The van der Waals surface area contributed by atoms with Crippen molar-refractivity contribution in [2.24, 2.45) is 0 Å². The molecule has 0 amide bonds. The highest BCUT2D eigenvalue weighted by atomic mass is 79.9. The highest BCUT2D eigenvalue weighted by molar-refractivity contribution is 9.10. The van der Waals surface area contributed by atoms with Crippen LogP contribution in [0.3, 0.4) is 0 Å². The molecule has 4 nitrogen and oxygen atoms in total. The smallest absolute Gasteiger partial charge is 0.217 e. The summed E-state index contributed by atoms with van der Waals surface area (Å²) >= 11 is 3.43. The first-order valence-electron chi connectivity index (χ1n) is 5.76. The number of aromatic nitrogens is 1. The number of nitrogens with zero attached hydrogens (tertiary/aromatic N) is 2. The van der Waals surface area contributed by atoms with Gasteiger partial charge in [0.2, 0.25) is 5.88 Å². The molecule has 0 fully saturated rings. The lowest BCUT2D eigenvalue weighted by molar-refractivity contribution is 0.251. The maximum absolute atomic E-state index is 5.69. The van der Waals surface area contributed by atoms with E-state index in [4.69, 9.17) is 4.74 Å². The van der Waals surface area contributed by atoms with Gasteiger partial charge in [-0.3, -0.25) is 0 Å². The molecule has 0 aliphatic heterocycles. The van der Waals surface area contributed by atoms with Crippen LogP contribution in [0, 0.1) is 0 Å². The van der Waals surface area contributed by atoms with Crippen LogP contribution >= 0.6 is 15.9 Å². The average Bonchev–Trinajstić information content (AvgIpc) is 2.28. The summed E-state index contributed by atoms with van der Waals surface area (Å²) in [7, 11) is 4.05. The molecule has 96 valence electrons. The molecule has 1 aromatic heterocycles. The van der Waals surface area contributed by atoms with Crippen LogP contribution in [0.25, 0.3) is 0 Å². The first-order chi connectivity index (χ1) is 8.13. The van der Waals surface area contributed by atoms with Gasteiger partial charge in [0.15, 0.2) is 0 Å². The topological polar surface area (TPSA) is 37.4 Å². The second-order valence-electron chi connectivity index (χ2n) is 4.05. The first-order valence-corrected chi connectivity index (χ1v) is 6.55. The molecule has 5 heteroatoms. The van der Waals surface area contributed by atoms with Crippen LogP contribution < -0.4 is 10.1 Å². The fourth-order valence-corrected chi connectivity index (χ4v) is 1.69. The molecular weight excluding hydrogens is 282 g/mol. The number of pyridine rings is 1. The second-order valence-corrected chi connectivity index (χ2v) is 4.97. The Morgan fingerprint density at radius 1 is 1.47 bits per heavy atom. The third kappa shape index (κ3) is 5.48. The number of likely N-dealkylation sites (N-methyl/N-ethyl adjacent to an activating group) is 1. The molecule has 0 atom stereocenters. The Bertz CT molecular complexity index is 345. The molecule has 1 aromatic rings. The SMILES string of the molecule is CCNCc1cc(Br)cnc1OCCN(C)C. The van der Waals surface area contributed by atoms with E-state index in [2.05, 4.69) is 38.1 Å². The molecule has 17 heavy (non-hydrogen) atoms. The van der Waals surface area contributed by atoms with Crippen LogP contribution in [-0.2, 0) is 6.54 Å². The number of rotatable bonds is 7. The Morgan fingerprint density at radius 3 is 2.88 bits per heavy atom. The molecular formula is C12H20BrN3O. The molecule has 1 rings (SSSR count). The van der Waals surface area contributed by atoms with Crippen LogP contribution in [-0.4, -0.2) is 43.7 Å². The fourth-order valence-electron chi connectivity index (χ4n) is 1.31. The van der Waals surface area contributed by atoms with Gasteiger partial charge in [-0.05, 0) is 42.6 Å². The van der Waals surface area contributed by atoms with Crippen molar-refractivity contribution in [3.05, 3.63) is 22.3 Å². The Kier molecular flexibility index (Phi) is 6.47. The number of hydrogen-bond acceptors (Lipinski definition) is 4. The van der Waals surface area contributed by atoms with Gasteiger partial charge in [-0.1, -0.05) is 6.92 Å². The molecule has 0 radical (unpaired) electrons. The predicted molar refractivity (Wildman–Crippen MR) is 73.4 cm³/mol. The first kappa shape index (κ1) is 14.4. The summed E-state index contributed by atoms with van der Waals surface area (Å²) in [5.74, 6) is 0.719. The molecule has 1 heterocycles. The Balaban J connectivity index is 2.62. The van der Waals surface area contributed by atoms with Crippen LogP contribution in [0.1, 0.15) is 12.5 Å². The van der Waals surface area contributed by atoms with Crippen LogP contribution in [0.15, 0.2) is 16.7 Å². The van der Waals surface area contributed by atoms with E-state index in [9.17, 15) is 0 Å². The van der Waals surface area contributed by atoms with Gasteiger partial charge in [-0.25, -0.2) is 4.98 Å². The van der Waals surface area contributed by atoms with E-state index in [-0.39, 0.29) is 0 Å². The van der Waals surface area contributed by atoms with Crippen LogP contribution in [0.5, 0.6) is 5.88 Å². The van der Waals surface area contributed by atoms with Crippen molar-refractivity contribution in [2.75, 3.05) is 33.8 Å². The van der Waals surface area contributed by atoms with E-state index in [1.807, 2.05) is 20.2 Å². The lowest BCUT2D eigenvalue weighted by Gasteiger charge is -2.13. The molecule has 0 bridgehead atoms. The van der Waals surface area contributed by atoms with Gasteiger partial charge in [0.25, 0.3) is 0 Å². The van der Waals surface area contributed by atoms with E-state index in [1.165, 1.54) is 0 Å². The van der Waals surface area contributed by atoms with E-state index in [0.29, 0.717) is 6.61 Å². The third-order valence-electron chi connectivity index (χ3n) is 2.23. The van der Waals surface area contributed by atoms with E-state index >= 15 is 0 Å². The summed E-state index contributed by atoms with van der Waals surface area (Å²) in [6, 6.07) is 2.04. The Labute approximate surface area is 111 Å². The quantitative estimate of drug-likeness (QED) is 0.835. The van der Waals surface area contributed by atoms with Crippen molar-refractivity contribution < 1.29 is 4.74 Å². The van der Waals surface area contributed by atoms with Gasteiger partial charge in [0, 0.05) is 29.3 Å². The lowest BCUT2D eigenvalue weighted by atomic mass is 10.2. The number of hydrogen-bond donors (Lipinski definition) is 1. The van der Waals surface area contributed by atoms with Gasteiger partial charge >= 0.3 is 0 Å². The molecule has 0 saturated carbocycles. The van der Waals surface area contributed by atoms with Crippen molar-refractivity contribution in [2.45, 2.75) is 13.5 Å². The number of halogens is 1. The van der Waals surface area contributed by atoms with E-state index in [0.717, 1.165) is 35.6 Å². The summed E-state index contributed by atoms with van der Waals surface area (Å²) in [5, 5.41) is 3.28. The molecule has 0 aromatic carbocycles. The van der Waals surface area contributed by atoms with Gasteiger partial charge in [-0.15, -0.1) is 0 Å². The van der Waals surface area contributed by atoms with Crippen molar-refractivity contribution in [1.29, 1.82) is 0 Å². The minimum Gasteiger partial charge on any atom is -0.476 e. The van der Waals surface area contributed by atoms with Gasteiger partial charge in [-0.2, -0.15) is 0 Å². The Hall–Kier alpha value is -0.650. The maximum atomic E-state index is 5.69. The lowest BCUT2D eigenvalue weighted by Crippen LogP contribution is -2.20. The molecule has 1 N–H and O–H groups in total. The van der Waals surface area contributed by atoms with Crippen LogP contribution in [0.2, 0.25) is 0 Å². The van der Waals surface area contributed by atoms with Crippen molar-refractivity contribution in [3.63, 3.8) is 0 Å². The van der Waals surface area contributed by atoms with Gasteiger partial charge < -0.3 is 15.0 Å². The molecule has 0 spiro atoms. The normalized spacial score (nSPS) is 10.9. The standard InChI is InChI=1S/C12H20BrN3O/c1-4-14-8-10-7-11(13)9-15-12(10)17-6-5-16(2)3/h7,9,14H,4-6,8H2,1-3H3. The minimum atomic E-state index is 0.654. The van der Waals surface area contributed by atoms with E-state index < -0.39 is 0 Å². The zero-order valence-electron chi connectivity index (χ0n) is 10.7. The summed E-state index contributed by atoms with van der Waals surface area (Å²) in [5.41, 5.74) is 1.08. The van der Waals surface area contributed by atoms with Gasteiger partial charge in [0.05, 0.1) is 0 Å². The van der Waals surface area contributed by atoms with Gasteiger partial charge in [0.1, 0.15) is 6.61 Å². The summed E-state index contributed by atoms with van der Waals surface area (Å²) in [4.78, 5) is 6.39. The molecule has 0 saturated heterocycles. The fraction of sp³-hybridized carbons (Fsp3) is 0.583. The van der Waals surface area contributed by atoms with Crippen LogP contribution in [0.4, 0.5) is 0 Å². The summed E-state index contributed by atoms with van der Waals surface area (Å²) < 4.78 is 6.66. The molecule has 0 unspecified atom stereocenters. The summed E-state index contributed by atoms with van der Waals surface area (Å²) in [6.45, 7) is 5.33. The molecule has 0 aliphatic rings. The minimum absolute atomic E-state index is 0.654. The average molecular weight is 302 g/mol. The third-order valence-corrected chi connectivity index (χ3v) is 2.67. The highest BCUT2D eigenvalue weighted by Gasteiger charge is 2.06. The van der Waals surface area contributed by atoms with E-state index in [1.54, 1.807) is 6.20 Å². The predicted octanol–water partition coefficient (Wildman–Crippen LogP) is 1.89. The summed E-state index contributed by atoms with van der Waals surface area (Å²) in [6.07, 6.45) is 1.76. The largest absolute Gasteiger partial charge is 0.476 e. The maximum Gasteiger partial charge on any atom is 0.217 e. The second kappa shape index (κ2) is 7.63. The number of nitrogens with one attached hydrogen (secondary N) is 1. The monoisotopic (exact) mass is 301 g/mol. The van der Waals surface area contributed by atoms with Crippen molar-refractivity contribution >= 4 is 15.9 Å². The Morgan fingerprint density at radius 2 is 2.24 bits per heavy atom. The zero-order chi connectivity index (χ0) is 12.7. The highest BCUT2D eigenvalue weighted by Crippen LogP contribution is 2.19. The number of ether oxygens (including phenoxy) is 1. The van der Waals surface area contributed by atoms with Crippen molar-refractivity contribution in [1.82, 2.24) is 15.2 Å².